The van der Waals surface area contributed by atoms with E-state index >= 15 is 0 Å². The Kier molecular flexibility index (Phi) is 7.81. The Balaban J connectivity index is 2.67. The first-order chi connectivity index (χ1) is 12.1. The van der Waals surface area contributed by atoms with Gasteiger partial charge in [-0.2, -0.15) is 0 Å². The van der Waals surface area contributed by atoms with Crippen molar-refractivity contribution in [2.24, 2.45) is 17.3 Å². The fraction of sp³-hybridized carbons (Fsp3) is 0.870. The summed E-state index contributed by atoms with van der Waals surface area (Å²) in [5.41, 5.74) is 0.572. The highest BCUT2D eigenvalue weighted by atomic mass is 28.4. The van der Waals surface area contributed by atoms with E-state index in [9.17, 15) is 4.79 Å². The van der Waals surface area contributed by atoms with Crippen LogP contribution in [-0.2, 0) is 14.0 Å². The SMILES string of the molecule is CC(C)[Si](OC[C@H]1C[C@H]1C#CC(C)(C)OC(=O)C(C)(C)C)(C(C)C)C(C)C. The zero-order chi connectivity index (χ0) is 21.2. The third kappa shape index (κ3) is 6.36. The molecule has 3 nitrogen and oxygen atoms in total. The number of esters is 1. The van der Waals surface area contributed by atoms with Crippen molar-refractivity contribution in [2.45, 2.75) is 105 Å². The van der Waals surface area contributed by atoms with Crippen molar-refractivity contribution in [1.82, 2.24) is 0 Å². The van der Waals surface area contributed by atoms with Crippen molar-refractivity contribution in [2.75, 3.05) is 6.61 Å². The molecule has 1 aliphatic carbocycles. The Bertz CT molecular complexity index is 551. The molecule has 156 valence electrons. The van der Waals surface area contributed by atoms with Crippen molar-refractivity contribution in [3.05, 3.63) is 0 Å². The third-order valence-corrected chi connectivity index (χ3v) is 11.8. The number of ether oxygens (including phenoxy) is 1. The van der Waals surface area contributed by atoms with E-state index < -0.39 is 19.3 Å². The first kappa shape index (κ1) is 24.2. The highest BCUT2D eigenvalue weighted by Gasteiger charge is 2.47. The Morgan fingerprint density at radius 1 is 1.00 bits per heavy atom. The molecule has 0 amide bonds. The minimum absolute atomic E-state index is 0.209. The summed E-state index contributed by atoms with van der Waals surface area (Å²) < 4.78 is 12.3. The van der Waals surface area contributed by atoms with Crippen molar-refractivity contribution in [1.29, 1.82) is 0 Å². The predicted octanol–water partition coefficient (Wildman–Crippen LogP) is 6.19. The number of carbonyl (C=O) groups is 1. The van der Waals surface area contributed by atoms with Crippen molar-refractivity contribution < 1.29 is 14.0 Å². The number of rotatable bonds is 7. The summed E-state index contributed by atoms with van der Waals surface area (Å²) in [7, 11) is -1.80. The molecule has 2 atom stereocenters. The van der Waals surface area contributed by atoms with Crippen LogP contribution in [0.5, 0.6) is 0 Å². The molecule has 0 aliphatic heterocycles. The molecule has 0 saturated heterocycles. The quantitative estimate of drug-likeness (QED) is 0.293. The van der Waals surface area contributed by atoms with Crippen molar-refractivity contribution in [3.63, 3.8) is 0 Å². The van der Waals surface area contributed by atoms with E-state index in [1.54, 1.807) is 0 Å². The topological polar surface area (TPSA) is 35.5 Å². The van der Waals surface area contributed by atoms with Gasteiger partial charge in [0.1, 0.15) is 0 Å². The highest BCUT2D eigenvalue weighted by Crippen LogP contribution is 2.45. The number of hydrogen-bond donors (Lipinski definition) is 0. The zero-order valence-electron chi connectivity index (χ0n) is 19.5. The normalized spacial score (nSPS) is 20.7. The maximum atomic E-state index is 12.1. The Hall–Kier alpha value is -0.793. The van der Waals surface area contributed by atoms with E-state index in [4.69, 9.17) is 9.16 Å². The summed E-state index contributed by atoms with van der Waals surface area (Å²) in [4.78, 5) is 12.1. The second-order valence-electron chi connectivity index (χ2n) is 10.7. The first-order valence-corrected chi connectivity index (χ1v) is 12.7. The molecule has 0 bridgehead atoms. The van der Waals surface area contributed by atoms with Gasteiger partial charge >= 0.3 is 5.97 Å². The maximum Gasteiger partial charge on any atom is 0.312 e. The van der Waals surface area contributed by atoms with Gasteiger partial charge < -0.3 is 9.16 Å². The monoisotopic (exact) mass is 394 g/mol. The van der Waals surface area contributed by atoms with Crippen LogP contribution in [0.2, 0.25) is 16.6 Å². The van der Waals surface area contributed by atoms with Gasteiger partial charge in [-0.3, -0.25) is 4.79 Å². The van der Waals surface area contributed by atoms with Gasteiger partial charge in [0.2, 0.25) is 0 Å². The van der Waals surface area contributed by atoms with Crippen LogP contribution in [0.25, 0.3) is 0 Å². The smallest absolute Gasteiger partial charge is 0.312 e. The van der Waals surface area contributed by atoms with Crippen LogP contribution >= 0.6 is 0 Å². The van der Waals surface area contributed by atoms with Gasteiger partial charge in [0.15, 0.2) is 13.9 Å². The van der Waals surface area contributed by atoms with Crippen LogP contribution in [0, 0.1) is 29.1 Å². The van der Waals surface area contributed by atoms with Crippen LogP contribution < -0.4 is 0 Å². The average molecular weight is 395 g/mol. The first-order valence-electron chi connectivity index (χ1n) is 10.5. The summed E-state index contributed by atoms with van der Waals surface area (Å²) in [6.07, 6.45) is 1.09. The molecule has 0 spiro atoms. The lowest BCUT2D eigenvalue weighted by Crippen LogP contribution is -2.48. The van der Waals surface area contributed by atoms with Crippen molar-refractivity contribution >= 4 is 14.3 Å². The lowest BCUT2D eigenvalue weighted by Gasteiger charge is -2.42. The van der Waals surface area contributed by atoms with Crippen molar-refractivity contribution in [3.8, 4) is 11.8 Å². The predicted molar refractivity (Wildman–Crippen MR) is 116 cm³/mol. The average Bonchev–Trinajstić information content (AvgIpc) is 3.22. The lowest BCUT2D eigenvalue weighted by atomic mass is 9.97. The number of hydrogen-bond acceptors (Lipinski definition) is 3. The number of carbonyl (C=O) groups excluding carboxylic acids is 1. The van der Waals surface area contributed by atoms with Gasteiger partial charge in [-0.1, -0.05) is 53.4 Å². The molecule has 0 aromatic rings. The van der Waals surface area contributed by atoms with Crippen LogP contribution in [0.15, 0.2) is 0 Å². The van der Waals surface area contributed by atoms with Gasteiger partial charge in [0.05, 0.1) is 5.41 Å². The molecule has 1 aliphatic rings. The fourth-order valence-electron chi connectivity index (χ4n) is 4.04. The summed E-state index contributed by atoms with van der Waals surface area (Å²) in [6.45, 7) is 24.1. The molecule has 0 radical (unpaired) electrons. The van der Waals surface area contributed by atoms with Crippen LogP contribution in [0.1, 0.15) is 82.6 Å². The fourth-order valence-corrected chi connectivity index (χ4v) is 9.54. The molecule has 0 aromatic heterocycles. The third-order valence-electron chi connectivity index (χ3n) is 5.70. The van der Waals surface area contributed by atoms with E-state index in [0.29, 0.717) is 28.5 Å². The standard InChI is InChI=1S/C23H42O3Si/c1-16(2)27(17(3)4,18(5)6)25-15-20-14-19(20)12-13-23(10,11)26-21(24)22(7,8)9/h16-20H,14-15H2,1-11H3/t19-,20-/m1/s1. The summed E-state index contributed by atoms with van der Waals surface area (Å²) >= 11 is 0. The Morgan fingerprint density at radius 3 is 1.89 bits per heavy atom. The van der Waals surface area contributed by atoms with E-state index in [1.807, 2.05) is 34.6 Å². The van der Waals surface area contributed by atoms with Crippen LogP contribution in [0.4, 0.5) is 0 Å². The van der Waals surface area contributed by atoms with Gasteiger partial charge in [0.25, 0.3) is 0 Å². The van der Waals surface area contributed by atoms with Gasteiger partial charge in [0, 0.05) is 12.5 Å². The molecule has 1 saturated carbocycles. The highest BCUT2D eigenvalue weighted by molar-refractivity contribution is 6.77. The molecule has 0 heterocycles. The molecular weight excluding hydrogens is 352 g/mol. The van der Waals surface area contributed by atoms with E-state index in [2.05, 4.69) is 53.4 Å². The molecule has 4 heteroatoms. The second-order valence-corrected chi connectivity index (χ2v) is 16.1. The van der Waals surface area contributed by atoms with E-state index in [-0.39, 0.29) is 5.97 Å². The van der Waals surface area contributed by atoms with Gasteiger partial charge in [-0.25, -0.2) is 0 Å². The molecule has 27 heavy (non-hydrogen) atoms. The second kappa shape index (κ2) is 8.70. The minimum atomic E-state index is -1.80. The Morgan fingerprint density at radius 2 is 1.48 bits per heavy atom. The molecule has 1 fully saturated rings. The molecular formula is C23H42O3Si. The molecule has 0 N–H and O–H groups in total. The molecule has 0 aromatic carbocycles. The summed E-state index contributed by atoms with van der Waals surface area (Å²) in [5, 5.41) is 0. The lowest BCUT2D eigenvalue weighted by molar-refractivity contribution is -0.161. The summed E-state index contributed by atoms with van der Waals surface area (Å²) in [5.74, 6) is 7.20. The van der Waals surface area contributed by atoms with Gasteiger partial charge in [-0.05, 0) is 63.6 Å². The van der Waals surface area contributed by atoms with E-state index in [1.165, 1.54) is 0 Å². The Labute approximate surface area is 169 Å². The minimum Gasteiger partial charge on any atom is -0.446 e. The van der Waals surface area contributed by atoms with Crippen LogP contribution in [-0.4, -0.2) is 26.5 Å². The van der Waals surface area contributed by atoms with Gasteiger partial charge in [-0.15, -0.1) is 0 Å². The summed E-state index contributed by atoms with van der Waals surface area (Å²) in [6, 6.07) is 0. The van der Waals surface area contributed by atoms with Crippen LogP contribution in [0.3, 0.4) is 0 Å². The zero-order valence-corrected chi connectivity index (χ0v) is 20.5. The largest absolute Gasteiger partial charge is 0.446 e. The molecule has 1 rings (SSSR count). The molecule has 0 unspecified atom stereocenters. The van der Waals surface area contributed by atoms with E-state index in [0.717, 1.165) is 13.0 Å². The maximum absolute atomic E-state index is 12.1.